The molecule has 1 N–H and O–H groups in total. The van der Waals surface area contributed by atoms with E-state index < -0.39 is 0 Å². The van der Waals surface area contributed by atoms with Crippen molar-refractivity contribution in [2.24, 2.45) is 0 Å². The summed E-state index contributed by atoms with van der Waals surface area (Å²) in [5.74, 6) is 0.763. The third-order valence-corrected chi connectivity index (χ3v) is 4.68. The molecule has 130 valence electrons. The summed E-state index contributed by atoms with van der Waals surface area (Å²) in [6.07, 6.45) is 1.60. The van der Waals surface area contributed by atoms with Crippen LogP contribution >= 0.6 is 11.8 Å². The summed E-state index contributed by atoms with van der Waals surface area (Å²) in [7, 11) is 0. The predicted octanol–water partition coefficient (Wildman–Crippen LogP) is 3.42. The number of amides is 1. The molecule has 0 saturated heterocycles. The molecule has 4 aromatic rings. The lowest BCUT2D eigenvalue weighted by molar-refractivity contribution is -0.113. The van der Waals surface area contributed by atoms with E-state index in [9.17, 15) is 4.79 Å². The van der Waals surface area contributed by atoms with Crippen LogP contribution in [0.4, 0.5) is 5.69 Å². The first kappa shape index (κ1) is 16.3. The summed E-state index contributed by atoms with van der Waals surface area (Å²) in [6.45, 7) is 1.95. The molecule has 0 fully saturated rings. The quantitative estimate of drug-likeness (QED) is 0.546. The van der Waals surface area contributed by atoms with Crippen molar-refractivity contribution >= 4 is 29.0 Å². The highest BCUT2D eigenvalue weighted by atomic mass is 32.2. The third kappa shape index (κ3) is 3.31. The largest absolute Gasteiger partial charge is 0.463 e. The number of furan rings is 1. The number of aryl methyl sites for hydroxylation is 1. The maximum absolute atomic E-state index is 12.2. The zero-order valence-corrected chi connectivity index (χ0v) is 14.7. The Balaban J connectivity index is 1.49. The van der Waals surface area contributed by atoms with Crippen LogP contribution in [0.2, 0.25) is 0 Å². The molecule has 1 amide bonds. The highest BCUT2D eigenvalue weighted by Gasteiger charge is 2.13. The summed E-state index contributed by atoms with van der Waals surface area (Å²) in [6, 6.07) is 14.9. The first-order chi connectivity index (χ1) is 12.7. The smallest absolute Gasteiger partial charge is 0.234 e. The number of benzene rings is 1. The van der Waals surface area contributed by atoms with Gasteiger partial charge in [-0.15, -0.1) is 10.2 Å². The predicted molar refractivity (Wildman–Crippen MR) is 99.0 cm³/mol. The van der Waals surface area contributed by atoms with Gasteiger partial charge in [0.2, 0.25) is 11.1 Å². The lowest BCUT2D eigenvalue weighted by Crippen LogP contribution is -2.15. The lowest BCUT2D eigenvalue weighted by atomic mass is 10.2. The van der Waals surface area contributed by atoms with E-state index in [0.717, 1.165) is 11.3 Å². The SMILES string of the molecule is Cc1ccccc1NC(=O)CSc1nnc2ccc(-c3ccco3)nn12. The third-order valence-electron chi connectivity index (χ3n) is 3.76. The fourth-order valence-corrected chi connectivity index (χ4v) is 3.13. The van der Waals surface area contributed by atoms with Gasteiger partial charge in [0.05, 0.1) is 12.0 Å². The van der Waals surface area contributed by atoms with Crippen molar-refractivity contribution in [1.82, 2.24) is 19.8 Å². The van der Waals surface area contributed by atoms with Crippen LogP contribution in [0.25, 0.3) is 17.1 Å². The molecule has 0 aliphatic heterocycles. The molecule has 26 heavy (non-hydrogen) atoms. The topological polar surface area (TPSA) is 85.3 Å². The average Bonchev–Trinajstić information content (AvgIpc) is 3.31. The molecule has 0 aliphatic carbocycles. The van der Waals surface area contributed by atoms with E-state index in [-0.39, 0.29) is 11.7 Å². The van der Waals surface area contributed by atoms with Crippen LogP contribution in [-0.4, -0.2) is 31.5 Å². The normalized spacial score (nSPS) is 11.0. The number of hydrogen-bond acceptors (Lipinski definition) is 6. The number of fused-ring (bicyclic) bond motifs is 1. The van der Waals surface area contributed by atoms with Crippen molar-refractivity contribution in [2.45, 2.75) is 12.1 Å². The molecule has 3 heterocycles. The van der Waals surface area contributed by atoms with Crippen molar-refractivity contribution in [2.75, 3.05) is 11.1 Å². The van der Waals surface area contributed by atoms with Crippen LogP contribution in [0.5, 0.6) is 0 Å². The standard InChI is InChI=1S/C18H15N5O2S/c1-12-5-2-3-6-13(12)19-17(24)11-26-18-21-20-16-9-8-14(22-23(16)18)15-7-4-10-25-15/h2-10H,11H2,1H3,(H,19,24). The molecule has 1 aromatic carbocycles. The van der Waals surface area contributed by atoms with E-state index in [1.54, 1.807) is 16.8 Å². The van der Waals surface area contributed by atoms with Crippen LogP contribution in [0.3, 0.4) is 0 Å². The molecule has 8 heteroatoms. The number of nitrogens with zero attached hydrogens (tertiary/aromatic N) is 4. The van der Waals surface area contributed by atoms with E-state index in [1.165, 1.54) is 11.8 Å². The van der Waals surface area contributed by atoms with E-state index in [4.69, 9.17) is 4.42 Å². The fraction of sp³-hybridized carbons (Fsp3) is 0.111. The van der Waals surface area contributed by atoms with Crippen LogP contribution in [-0.2, 0) is 4.79 Å². The number of rotatable bonds is 5. The number of hydrogen-bond donors (Lipinski definition) is 1. The Morgan fingerprint density at radius 1 is 1.15 bits per heavy atom. The van der Waals surface area contributed by atoms with E-state index in [0.29, 0.717) is 22.3 Å². The number of carbonyl (C=O) groups excluding carboxylic acids is 1. The Kier molecular flexibility index (Phi) is 4.40. The number of carbonyl (C=O) groups is 1. The average molecular weight is 365 g/mol. The highest BCUT2D eigenvalue weighted by molar-refractivity contribution is 7.99. The number of anilines is 1. The molecule has 7 nitrogen and oxygen atoms in total. The van der Waals surface area contributed by atoms with Gasteiger partial charge < -0.3 is 9.73 Å². The number of thioether (sulfide) groups is 1. The molecule has 4 rings (SSSR count). The molecule has 0 spiro atoms. The molecule has 0 radical (unpaired) electrons. The summed E-state index contributed by atoms with van der Waals surface area (Å²) in [5.41, 5.74) is 3.11. The molecular formula is C18H15N5O2S. The van der Waals surface area contributed by atoms with Gasteiger partial charge in [-0.2, -0.15) is 9.61 Å². The van der Waals surface area contributed by atoms with Crippen molar-refractivity contribution in [3.63, 3.8) is 0 Å². The summed E-state index contributed by atoms with van der Waals surface area (Å²) in [4.78, 5) is 12.2. The molecule has 0 saturated carbocycles. The fourth-order valence-electron chi connectivity index (χ4n) is 2.44. The van der Waals surface area contributed by atoms with Crippen LogP contribution in [0.1, 0.15) is 5.56 Å². The van der Waals surface area contributed by atoms with Gasteiger partial charge in [-0.05, 0) is 42.8 Å². The summed E-state index contributed by atoms with van der Waals surface area (Å²) < 4.78 is 6.99. The second-order valence-electron chi connectivity index (χ2n) is 5.60. The first-order valence-corrected chi connectivity index (χ1v) is 8.94. The van der Waals surface area contributed by atoms with E-state index >= 15 is 0 Å². The number of para-hydroxylation sites is 1. The van der Waals surface area contributed by atoms with Crippen molar-refractivity contribution in [3.8, 4) is 11.5 Å². The van der Waals surface area contributed by atoms with Crippen LogP contribution in [0, 0.1) is 6.92 Å². The van der Waals surface area contributed by atoms with Gasteiger partial charge in [0, 0.05) is 5.69 Å². The highest BCUT2D eigenvalue weighted by Crippen LogP contribution is 2.21. The van der Waals surface area contributed by atoms with Crippen molar-refractivity contribution in [3.05, 3.63) is 60.4 Å². The number of aromatic nitrogens is 4. The van der Waals surface area contributed by atoms with Crippen LogP contribution < -0.4 is 5.32 Å². The lowest BCUT2D eigenvalue weighted by Gasteiger charge is -2.07. The van der Waals surface area contributed by atoms with Gasteiger partial charge in [0.15, 0.2) is 11.4 Å². The molecule has 3 aromatic heterocycles. The van der Waals surface area contributed by atoms with Crippen molar-refractivity contribution < 1.29 is 9.21 Å². The summed E-state index contributed by atoms with van der Waals surface area (Å²) >= 11 is 1.28. The minimum absolute atomic E-state index is 0.108. The molecule has 0 unspecified atom stereocenters. The Hall–Kier alpha value is -3.13. The number of nitrogens with one attached hydrogen (secondary N) is 1. The second kappa shape index (κ2) is 7.01. The first-order valence-electron chi connectivity index (χ1n) is 7.95. The Morgan fingerprint density at radius 2 is 2.04 bits per heavy atom. The monoisotopic (exact) mass is 365 g/mol. The van der Waals surface area contributed by atoms with E-state index in [2.05, 4.69) is 20.6 Å². The van der Waals surface area contributed by atoms with Gasteiger partial charge in [0.25, 0.3) is 0 Å². The van der Waals surface area contributed by atoms with Gasteiger partial charge in [-0.25, -0.2) is 0 Å². The minimum atomic E-state index is -0.108. The molecule has 0 aliphatic rings. The molecular weight excluding hydrogens is 350 g/mol. The van der Waals surface area contributed by atoms with Crippen molar-refractivity contribution in [1.29, 1.82) is 0 Å². The molecule has 0 atom stereocenters. The Bertz CT molecular complexity index is 1060. The molecule has 0 bridgehead atoms. The van der Waals surface area contributed by atoms with Gasteiger partial charge in [-0.3, -0.25) is 4.79 Å². The maximum atomic E-state index is 12.2. The van der Waals surface area contributed by atoms with E-state index in [1.807, 2.05) is 49.4 Å². The zero-order chi connectivity index (χ0) is 17.9. The van der Waals surface area contributed by atoms with Gasteiger partial charge >= 0.3 is 0 Å². The Morgan fingerprint density at radius 3 is 2.85 bits per heavy atom. The second-order valence-corrected chi connectivity index (χ2v) is 6.54. The maximum Gasteiger partial charge on any atom is 0.234 e. The van der Waals surface area contributed by atoms with Gasteiger partial charge in [0.1, 0.15) is 5.69 Å². The minimum Gasteiger partial charge on any atom is -0.463 e. The Labute approximate surface area is 153 Å². The zero-order valence-electron chi connectivity index (χ0n) is 13.9. The summed E-state index contributed by atoms with van der Waals surface area (Å²) in [5, 5.41) is 16.2. The van der Waals surface area contributed by atoms with Crippen LogP contribution in [0.15, 0.2) is 64.4 Å². The van der Waals surface area contributed by atoms with Gasteiger partial charge in [-0.1, -0.05) is 30.0 Å².